The Bertz CT molecular complexity index is 837. The molecular formula is C19H21N3O2. The number of rotatable bonds is 6. The van der Waals surface area contributed by atoms with Crippen LogP contribution in [-0.4, -0.2) is 21.9 Å². The molecule has 3 aromatic rings. The summed E-state index contributed by atoms with van der Waals surface area (Å²) in [6.45, 7) is 5.05. The molecule has 0 bridgehead atoms. The second-order valence-electron chi connectivity index (χ2n) is 5.73. The van der Waals surface area contributed by atoms with Gasteiger partial charge in [0.05, 0.1) is 25.3 Å². The first kappa shape index (κ1) is 16.1. The van der Waals surface area contributed by atoms with Gasteiger partial charge in [-0.3, -0.25) is 4.79 Å². The topological polar surface area (TPSA) is 55.6 Å². The fourth-order valence-electron chi connectivity index (χ4n) is 2.53. The molecule has 0 radical (unpaired) electrons. The summed E-state index contributed by atoms with van der Waals surface area (Å²) in [7, 11) is 0. The van der Waals surface area contributed by atoms with E-state index in [1.807, 2.05) is 67.0 Å². The quantitative estimate of drug-likeness (QED) is 0.759. The molecule has 1 amide bonds. The molecule has 0 saturated heterocycles. The predicted molar refractivity (Wildman–Crippen MR) is 93.1 cm³/mol. The van der Waals surface area contributed by atoms with Crippen molar-refractivity contribution in [2.24, 2.45) is 0 Å². The maximum absolute atomic E-state index is 12.1. The molecule has 1 aromatic carbocycles. The maximum atomic E-state index is 12.1. The lowest BCUT2D eigenvalue weighted by Crippen LogP contribution is -2.24. The lowest BCUT2D eigenvalue weighted by molar-refractivity contribution is -0.120. The van der Waals surface area contributed by atoms with Gasteiger partial charge >= 0.3 is 0 Å². The van der Waals surface area contributed by atoms with Crippen molar-refractivity contribution in [1.82, 2.24) is 14.7 Å². The van der Waals surface area contributed by atoms with E-state index >= 15 is 0 Å². The number of nitrogens with zero attached hydrogens (tertiary/aromatic N) is 2. The van der Waals surface area contributed by atoms with Gasteiger partial charge in [0.15, 0.2) is 0 Å². The molecule has 2 aromatic heterocycles. The van der Waals surface area contributed by atoms with E-state index in [0.717, 1.165) is 22.7 Å². The summed E-state index contributed by atoms with van der Waals surface area (Å²) < 4.78 is 7.36. The van der Waals surface area contributed by atoms with Gasteiger partial charge in [0.1, 0.15) is 11.4 Å². The zero-order valence-electron chi connectivity index (χ0n) is 14.0. The van der Waals surface area contributed by atoms with Gasteiger partial charge in [0.2, 0.25) is 5.91 Å². The van der Waals surface area contributed by atoms with Crippen LogP contribution < -0.4 is 10.1 Å². The van der Waals surface area contributed by atoms with Gasteiger partial charge in [0.25, 0.3) is 0 Å². The van der Waals surface area contributed by atoms with Crippen LogP contribution in [0.4, 0.5) is 0 Å². The fraction of sp³-hybridized carbons (Fsp3) is 0.263. The Morgan fingerprint density at radius 3 is 2.79 bits per heavy atom. The molecule has 0 saturated carbocycles. The molecule has 0 aliphatic heterocycles. The number of benzene rings is 1. The summed E-state index contributed by atoms with van der Waals surface area (Å²) >= 11 is 0. The number of carbonyl (C=O) groups excluding carboxylic acids is 1. The van der Waals surface area contributed by atoms with E-state index < -0.39 is 0 Å². The Balaban J connectivity index is 1.56. The van der Waals surface area contributed by atoms with Crippen molar-refractivity contribution in [1.29, 1.82) is 0 Å². The Kier molecular flexibility index (Phi) is 4.79. The van der Waals surface area contributed by atoms with E-state index in [0.29, 0.717) is 19.6 Å². The summed E-state index contributed by atoms with van der Waals surface area (Å²) in [5.41, 5.74) is 3.87. The third-order valence-corrected chi connectivity index (χ3v) is 3.73. The highest BCUT2D eigenvalue weighted by atomic mass is 16.5. The summed E-state index contributed by atoms with van der Waals surface area (Å²) in [5.74, 6) is 0.800. The first-order valence-electron chi connectivity index (χ1n) is 8.06. The minimum atomic E-state index is -0.0209. The zero-order valence-corrected chi connectivity index (χ0v) is 14.0. The fourth-order valence-corrected chi connectivity index (χ4v) is 2.53. The SMILES string of the molecule is CCOc1ccc(CC(=O)NCc2cn3ccc(C)cc3n2)cc1. The Morgan fingerprint density at radius 1 is 1.25 bits per heavy atom. The van der Waals surface area contributed by atoms with E-state index in [4.69, 9.17) is 4.74 Å². The van der Waals surface area contributed by atoms with Crippen LogP contribution in [0.25, 0.3) is 5.65 Å². The monoisotopic (exact) mass is 323 g/mol. The van der Waals surface area contributed by atoms with Gasteiger partial charge < -0.3 is 14.5 Å². The summed E-state index contributed by atoms with van der Waals surface area (Å²) in [6, 6.07) is 11.7. The van der Waals surface area contributed by atoms with E-state index in [1.165, 1.54) is 5.56 Å². The Morgan fingerprint density at radius 2 is 2.04 bits per heavy atom. The van der Waals surface area contributed by atoms with Crippen LogP contribution in [0.2, 0.25) is 0 Å². The van der Waals surface area contributed by atoms with Crippen molar-refractivity contribution < 1.29 is 9.53 Å². The van der Waals surface area contributed by atoms with Crippen molar-refractivity contribution in [3.05, 3.63) is 65.6 Å². The van der Waals surface area contributed by atoms with Crippen molar-refractivity contribution in [3.8, 4) is 5.75 Å². The van der Waals surface area contributed by atoms with Gasteiger partial charge in [0, 0.05) is 12.4 Å². The van der Waals surface area contributed by atoms with Crippen molar-refractivity contribution in [2.45, 2.75) is 26.8 Å². The standard InChI is InChI=1S/C19H21N3O2/c1-3-24-17-6-4-15(5-7-17)11-19(23)20-12-16-13-22-9-8-14(2)10-18(22)21-16/h4-10,13H,3,11-12H2,1-2H3,(H,20,23). The molecule has 0 fully saturated rings. The number of aromatic nitrogens is 2. The lowest BCUT2D eigenvalue weighted by atomic mass is 10.1. The first-order chi connectivity index (χ1) is 11.6. The summed E-state index contributed by atoms with van der Waals surface area (Å²) in [5, 5.41) is 2.92. The number of pyridine rings is 1. The minimum absolute atomic E-state index is 0.0209. The van der Waals surface area contributed by atoms with Crippen LogP contribution in [0.15, 0.2) is 48.8 Å². The van der Waals surface area contributed by atoms with E-state index in [-0.39, 0.29) is 5.91 Å². The zero-order chi connectivity index (χ0) is 16.9. The average molecular weight is 323 g/mol. The van der Waals surface area contributed by atoms with Crippen LogP contribution >= 0.6 is 0 Å². The van der Waals surface area contributed by atoms with E-state index in [9.17, 15) is 4.79 Å². The van der Waals surface area contributed by atoms with Crippen molar-refractivity contribution in [3.63, 3.8) is 0 Å². The number of nitrogens with one attached hydrogen (secondary N) is 1. The molecule has 2 heterocycles. The van der Waals surface area contributed by atoms with Gasteiger partial charge in [-0.05, 0) is 49.2 Å². The van der Waals surface area contributed by atoms with Gasteiger partial charge in [-0.25, -0.2) is 4.98 Å². The number of aryl methyl sites for hydroxylation is 1. The highest BCUT2D eigenvalue weighted by Crippen LogP contribution is 2.12. The minimum Gasteiger partial charge on any atom is -0.494 e. The molecule has 0 atom stereocenters. The second-order valence-corrected chi connectivity index (χ2v) is 5.73. The van der Waals surface area contributed by atoms with E-state index in [2.05, 4.69) is 10.3 Å². The molecule has 24 heavy (non-hydrogen) atoms. The van der Waals surface area contributed by atoms with Gasteiger partial charge in [-0.15, -0.1) is 0 Å². The molecule has 0 spiro atoms. The summed E-state index contributed by atoms with van der Waals surface area (Å²) in [6.07, 6.45) is 4.26. The van der Waals surface area contributed by atoms with Gasteiger partial charge in [-0.1, -0.05) is 12.1 Å². The smallest absolute Gasteiger partial charge is 0.224 e. The molecule has 3 rings (SSSR count). The normalized spacial score (nSPS) is 10.8. The molecule has 124 valence electrons. The molecule has 5 heteroatoms. The molecule has 0 aliphatic carbocycles. The van der Waals surface area contributed by atoms with Crippen LogP contribution in [-0.2, 0) is 17.8 Å². The van der Waals surface area contributed by atoms with Crippen molar-refractivity contribution in [2.75, 3.05) is 6.61 Å². The maximum Gasteiger partial charge on any atom is 0.224 e. The third kappa shape index (κ3) is 3.93. The predicted octanol–water partition coefficient (Wildman–Crippen LogP) is 2.90. The Labute approximate surface area is 141 Å². The second kappa shape index (κ2) is 7.17. The van der Waals surface area contributed by atoms with Gasteiger partial charge in [-0.2, -0.15) is 0 Å². The van der Waals surface area contributed by atoms with Crippen LogP contribution in [0, 0.1) is 6.92 Å². The largest absolute Gasteiger partial charge is 0.494 e. The number of imidazole rings is 1. The molecule has 0 unspecified atom stereocenters. The number of amides is 1. The lowest BCUT2D eigenvalue weighted by Gasteiger charge is -2.05. The number of fused-ring (bicyclic) bond motifs is 1. The molecule has 1 N–H and O–H groups in total. The number of hydrogen-bond acceptors (Lipinski definition) is 3. The Hall–Kier alpha value is -2.82. The number of hydrogen-bond donors (Lipinski definition) is 1. The molecular weight excluding hydrogens is 302 g/mol. The first-order valence-corrected chi connectivity index (χ1v) is 8.06. The summed E-state index contributed by atoms with van der Waals surface area (Å²) in [4.78, 5) is 16.6. The highest BCUT2D eigenvalue weighted by Gasteiger charge is 2.06. The highest BCUT2D eigenvalue weighted by molar-refractivity contribution is 5.78. The van der Waals surface area contributed by atoms with Crippen LogP contribution in [0.1, 0.15) is 23.7 Å². The third-order valence-electron chi connectivity index (χ3n) is 3.73. The molecule has 5 nitrogen and oxygen atoms in total. The molecule has 0 aliphatic rings. The number of carbonyl (C=O) groups is 1. The number of ether oxygens (including phenoxy) is 1. The van der Waals surface area contributed by atoms with E-state index in [1.54, 1.807) is 0 Å². The van der Waals surface area contributed by atoms with Crippen LogP contribution in [0.5, 0.6) is 5.75 Å². The average Bonchev–Trinajstić information content (AvgIpc) is 2.97. The van der Waals surface area contributed by atoms with Crippen molar-refractivity contribution >= 4 is 11.6 Å². The van der Waals surface area contributed by atoms with Crippen LogP contribution in [0.3, 0.4) is 0 Å².